The van der Waals surface area contributed by atoms with Gasteiger partial charge < -0.3 is 20.9 Å². The molecule has 1 spiro atoms. The number of halogens is 1. The van der Waals surface area contributed by atoms with Crippen molar-refractivity contribution in [2.24, 2.45) is 0 Å². The molecule has 1 aromatic carbocycles. The summed E-state index contributed by atoms with van der Waals surface area (Å²) in [5, 5.41) is 10.0. The summed E-state index contributed by atoms with van der Waals surface area (Å²) in [5.41, 5.74) is 0.559. The van der Waals surface area contributed by atoms with Crippen LogP contribution in [-0.2, 0) is 0 Å². The van der Waals surface area contributed by atoms with Gasteiger partial charge in [0, 0.05) is 36.5 Å². The van der Waals surface area contributed by atoms with Gasteiger partial charge >= 0.3 is 6.03 Å². The molecule has 0 bridgehead atoms. The SMILES string of the molecule is CC(C)(C)NC(=O)N1CCC2(CC1)NC(=O)c1ccc(Cl)cc1N2. The number of carbonyl (C=O) groups is 2. The third kappa shape index (κ3) is 3.43. The number of benzene rings is 1. The van der Waals surface area contributed by atoms with Crippen LogP contribution in [0.5, 0.6) is 0 Å². The second-order valence-electron chi connectivity index (χ2n) is 7.52. The minimum atomic E-state index is -0.521. The Morgan fingerprint density at radius 1 is 1.25 bits per heavy atom. The van der Waals surface area contributed by atoms with Gasteiger partial charge in [-0.05, 0) is 39.0 Å². The van der Waals surface area contributed by atoms with Crippen molar-refractivity contribution < 1.29 is 9.59 Å². The Kier molecular flexibility index (Phi) is 4.11. The first-order chi connectivity index (χ1) is 11.2. The van der Waals surface area contributed by atoms with E-state index < -0.39 is 5.66 Å². The molecule has 3 rings (SSSR count). The van der Waals surface area contributed by atoms with Gasteiger partial charge in [0.25, 0.3) is 5.91 Å². The van der Waals surface area contributed by atoms with Gasteiger partial charge in [0.2, 0.25) is 0 Å². The summed E-state index contributed by atoms with van der Waals surface area (Å²) >= 11 is 6.05. The predicted molar refractivity (Wildman–Crippen MR) is 94.4 cm³/mol. The lowest BCUT2D eigenvalue weighted by Gasteiger charge is -2.46. The summed E-state index contributed by atoms with van der Waals surface area (Å²) in [6.45, 7) is 7.02. The van der Waals surface area contributed by atoms with E-state index in [1.165, 1.54) is 0 Å². The molecule has 2 aliphatic heterocycles. The molecule has 0 radical (unpaired) electrons. The van der Waals surface area contributed by atoms with Crippen LogP contribution in [0.3, 0.4) is 0 Å². The number of rotatable bonds is 0. The molecule has 0 aromatic heterocycles. The second-order valence-corrected chi connectivity index (χ2v) is 7.95. The average Bonchev–Trinajstić information content (AvgIpc) is 2.45. The zero-order valence-corrected chi connectivity index (χ0v) is 15.0. The first-order valence-corrected chi connectivity index (χ1v) is 8.53. The average molecular weight is 351 g/mol. The van der Waals surface area contributed by atoms with E-state index in [1.807, 2.05) is 20.8 Å². The van der Waals surface area contributed by atoms with Gasteiger partial charge in [-0.25, -0.2) is 4.79 Å². The van der Waals surface area contributed by atoms with E-state index in [0.29, 0.717) is 36.5 Å². The number of carbonyl (C=O) groups excluding carboxylic acids is 2. The van der Waals surface area contributed by atoms with E-state index in [-0.39, 0.29) is 17.5 Å². The van der Waals surface area contributed by atoms with Crippen LogP contribution in [-0.4, -0.2) is 41.1 Å². The third-order valence-corrected chi connectivity index (χ3v) is 4.57. The van der Waals surface area contributed by atoms with E-state index in [1.54, 1.807) is 23.1 Å². The summed E-state index contributed by atoms with van der Waals surface area (Å²) in [7, 11) is 0. The van der Waals surface area contributed by atoms with Crippen molar-refractivity contribution in [3.05, 3.63) is 28.8 Å². The molecular formula is C17H23ClN4O2. The van der Waals surface area contributed by atoms with Crippen LogP contribution < -0.4 is 16.0 Å². The van der Waals surface area contributed by atoms with Gasteiger partial charge in [0.15, 0.2) is 0 Å². The van der Waals surface area contributed by atoms with Gasteiger partial charge in [0.05, 0.1) is 11.3 Å². The molecule has 0 aliphatic carbocycles. The maximum atomic E-state index is 12.4. The van der Waals surface area contributed by atoms with Crippen molar-refractivity contribution in [2.45, 2.75) is 44.8 Å². The van der Waals surface area contributed by atoms with Crippen molar-refractivity contribution in [3.8, 4) is 0 Å². The zero-order valence-electron chi connectivity index (χ0n) is 14.2. The molecule has 1 aromatic rings. The van der Waals surface area contributed by atoms with E-state index in [0.717, 1.165) is 5.69 Å². The number of likely N-dealkylation sites (tertiary alicyclic amines) is 1. The number of hydrogen-bond acceptors (Lipinski definition) is 3. The number of piperidine rings is 1. The maximum absolute atomic E-state index is 12.4. The van der Waals surface area contributed by atoms with Crippen molar-refractivity contribution in [3.63, 3.8) is 0 Å². The Morgan fingerprint density at radius 2 is 1.92 bits per heavy atom. The molecule has 1 fully saturated rings. The minimum absolute atomic E-state index is 0.0667. The van der Waals surface area contributed by atoms with Crippen LogP contribution in [0, 0.1) is 0 Å². The van der Waals surface area contributed by atoms with Crippen molar-refractivity contribution in [1.29, 1.82) is 0 Å². The van der Waals surface area contributed by atoms with Gasteiger partial charge in [-0.3, -0.25) is 4.79 Å². The lowest BCUT2D eigenvalue weighted by atomic mass is 9.92. The largest absolute Gasteiger partial charge is 0.362 e. The van der Waals surface area contributed by atoms with Crippen LogP contribution in [0.1, 0.15) is 44.0 Å². The summed E-state index contributed by atoms with van der Waals surface area (Å²) in [6.07, 6.45) is 1.28. The number of hydrogen-bond donors (Lipinski definition) is 3. The number of nitrogens with one attached hydrogen (secondary N) is 3. The summed E-state index contributed by atoms with van der Waals surface area (Å²) in [6, 6.07) is 5.14. The topological polar surface area (TPSA) is 73.5 Å². The third-order valence-electron chi connectivity index (χ3n) is 4.34. The fourth-order valence-corrected chi connectivity index (χ4v) is 3.31. The molecule has 2 heterocycles. The highest BCUT2D eigenvalue weighted by atomic mass is 35.5. The Balaban J connectivity index is 1.70. The number of amides is 3. The van der Waals surface area contributed by atoms with Crippen molar-refractivity contribution >= 4 is 29.2 Å². The lowest BCUT2D eigenvalue weighted by Crippen LogP contribution is -2.63. The molecule has 6 nitrogen and oxygen atoms in total. The van der Waals surface area contributed by atoms with Gasteiger partial charge in [-0.2, -0.15) is 0 Å². The summed E-state index contributed by atoms with van der Waals surface area (Å²) in [4.78, 5) is 26.5. The van der Waals surface area contributed by atoms with Crippen LogP contribution in [0.25, 0.3) is 0 Å². The number of fused-ring (bicyclic) bond motifs is 1. The first-order valence-electron chi connectivity index (χ1n) is 8.15. The van der Waals surface area contributed by atoms with Crippen LogP contribution >= 0.6 is 11.6 Å². The smallest absolute Gasteiger partial charge is 0.317 e. The van der Waals surface area contributed by atoms with Crippen LogP contribution in [0.15, 0.2) is 18.2 Å². The number of urea groups is 1. The Morgan fingerprint density at radius 3 is 2.54 bits per heavy atom. The molecule has 0 atom stereocenters. The van der Waals surface area contributed by atoms with Crippen molar-refractivity contribution in [2.75, 3.05) is 18.4 Å². The predicted octanol–water partition coefficient (Wildman–Crippen LogP) is 2.80. The van der Waals surface area contributed by atoms with Gasteiger partial charge in [-0.15, -0.1) is 0 Å². The quantitative estimate of drug-likeness (QED) is 0.673. The lowest BCUT2D eigenvalue weighted by molar-refractivity contribution is 0.0846. The Hall–Kier alpha value is -1.95. The van der Waals surface area contributed by atoms with E-state index in [2.05, 4.69) is 16.0 Å². The van der Waals surface area contributed by atoms with E-state index >= 15 is 0 Å². The van der Waals surface area contributed by atoms with Crippen molar-refractivity contribution in [1.82, 2.24) is 15.5 Å². The monoisotopic (exact) mass is 350 g/mol. The molecule has 1 saturated heterocycles. The normalized spacial score (nSPS) is 19.3. The molecule has 7 heteroatoms. The Bertz CT molecular complexity index is 676. The summed E-state index contributed by atoms with van der Waals surface area (Å²) < 4.78 is 0. The number of anilines is 1. The minimum Gasteiger partial charge on any atom is -0.362 e. The zero-order chi connectivity index (χ0) is 17.5. The maximum Gasteiger partial charge on any atom is 0.317 e. The van der Waals surface area contributed by atoms with Crippen LogP contribution in [0.2, 0.25) is 5.02 Å². The fraction of sp³-hybridized carbons (Fsp3) is 0.529. The molecule has 3 amide bonds. The molecule has 2 aliphatic rings. The highest BCUT2D eigenvalue weighted by Crippen LogP contribution is 2.32. The Labute approximate surface area is 146 Å². The first kappa shape index (κ1) is 16.9. The molecule has 130 valence electrons. The van der Waals surface area contributed by atoms with Crippen LogP contribution in [0.4, 0.5) is 10.5 Å². The standard InChI is InChI=1S/C17H23ClN4O2/c1-16(2,3)21-15(24)22-8-6-17(7-9-22)19-13-10-11(18)4-5-12(13)14(23)20-17/h4-5,10,19H,6-9H2,1-3H3,(H,20,23)(H,21,24). The number of nitrogens with zero attached hydrogens (tertiary/aromatic N) is 1. The molecule has 0 saturated carbocycles. The van der Waals surface area contributed by atoms with E-state index in [9.17, 15) is 9.59 Å². The fourth-order valence-electron chi connectivity index (χ4n) is 3.13. The molecule has 3 N–H and O–H groups in total. The molecule has 0 unspecified atom stereocenters. The second kappa shape index (κ2) is 5.84. The van der Waals surface area contributed by atoms with Gasteiger partial charge in [0.1, 0.15) is 5.66 Å². The highest BCUT2D eigenvalue weighted by molar-refractivity contribution is 6.31. The summed E-state index contributed by atoms with van der Waals surface area (Å²) in [5.74, 6) is -0.104. The molecular weight excluding hydrogens is 328 g/mol. The highest BCUT2D eigenvalue weighted by Gasteiger charge is 2.41. The molecule has 24 heavy (non-hydrogen) atoms. The van der Waals surface area contributed by atoms with Gasteiger partial charge in [-0.1, -0.05) is 11.6 Å². The van der Waals surface area contributed by atoms with E-state index in [4.69, 9.17) is 11.6 Å².